The Bertz CT molecular complexity index is 137. The van der Waals surface area contributed by atoms with Crippen LogP contribution in [0.2, 0.25) is 0 Å². The van der Waals surface area contributed by atoms with E-state index in [-0.39, 0.29) is 0 Å². The normalized spacial score (nSPS) is 39.5. The molecule has 0 bridgehead atoms. The summed E-state index contributed by atoms with van der Waals surface area (Å²) < 4.78 is 5.20. The largest absolute Gasteiger partial charge is 0.393 e. The maximum atomic E-state index is 9.40. The van der Waals surface area contributed by atoms with Gasteiger partial charge in [0.2, 0.25) is 0 Å². The van der Waals surface area contributed by atoms with E-state index in [0.29, 0.717) is 19.4 Å². The maximum Gasteiger partial charge on any atom is 0.106 e. The summed E-state index contributed by atoms with van der Waals surface area (Å²) in [5, 5.41) is 27.7. The highest BCUT2D eigenvalue weighted by Gasteiger charge is 2.31. The molecule has 0 spiro atoms. The first-order chi connectivity index (χ1) is 5.61. The predicted octanol–water partition coefficient (Wildman–Crippen LogP) is -0.732. The van der Waals surface area contributed by atoms with Crippen LogP contribution < -0.4 is 0 Å². The summed E-state index contributed by atoms with van der Waals surface area (Å²) in [5.74, 6) is 0. The van der Waals surface area contributed by atoms with Crippen molar-refractivity contribution in [1.29, 1.82) is 0 Å². The van der Waals surface area contributed by atoms with Crippen LogP contribution in [0.25, 0.3) is 0 Å². The number of aliphatic hydroxyl groups excluding tert-OH is 3. The van der Waals surface area contributed by atoms with Crippen molar-refractivity contribution in [2.75, 3.05) is 6.61 Å². The average molecular weight is 176 g/mol. The number of aliphatic hydroxyl groups is 3. The first-order valence-electron chi connectivity index (χ1n) is 4.27. The third kappa shape index (κ3) is 2.42. The van der Waals surface area contributed by atoms with Crippen molar-refractivity contribution in [1.82, 2.24) is 0 Å². The van der Waals surface area contributed by atoms with Crippen molar-refractivity contribution >= 4 is 0 Å². The van der Waals surface area contributed by atoms with Gasteiger partial charge < -0.3 is 20.1 Å². The Labute approximate surface area is 71.8 Å². The Hall–Kier alpha value is -0.160. The zero-order valence-corrected chi connectivity index (χ0v) is 7.18. The van der Waals surface area contributed by atoms with Crippen LogP contribution in [0.3, 0.4) is 0 Å². The summed E-state index contributed by atoms with van der Waals surface area (Å²) in [7, 11) is 0. The van der Waals surface area contributed by atoms with Gasteiger partial charge in [0.25, 0.3) is 0 Å². The Balaban J connectivity index is 2.41. The smallest absolute Gasteiger partial charge is 0.106 e. The molecule has 0 saturated carbocycles. The van der Waals surface area contributed by atoms with E-state index >= 15 is 0 Å². The molecule has 12 heavy (non-hydrogen) atoms. The Morgan fingerprint density at radius 1 is 1.50 bits per heavy atom. The van der Waals surface area contributed by atoms with Crippen molar-refractivity contribution in [3.05, 3.63) is 0 Å². The molecule has 1 saturated heterocycles. The Morgan fingerprint density at radius 3 is 2.75 bits per heavy atom. The van der Waals surface area contributed by atoms with Gasteiger partial charge in [0.15, 0.2) is 0 Å². The van der Waals surface area contributed by atoms with Crippen LogP contribution in [-0.4, -0.2) is 46.3 Å². The minimum Gasteiger partial charge on any atom is -0.393 e. The molecule has 0 radical (unpaired) electrons. The van der Waals surface area contributed by atoms with Crippen molar-refractivity contribution in [2.24, 2.45) is 0 Å². The van der Waals surface area contributed by atoms with Gasteiger partial charge in [-0.05, 0) is 13.3 Å². The fourth-order valence-corrected chi connectivity index (χ4v) is 1.40. The fourth-order valence-electron chi connectivity index (χ4n) is 1.40. The highest BCUT2D eigenvalue weighted by atomic mass is 16.5. The molecule has 0 aromatic heterocycles. The third-order valence-electron chi connectivity index (χ3n) is 2.09. The van der Waals surface area contributed by atoms with E-state index in [1.807, 2.05) is 0 Å². The molecule has 1 aliphatic heterocycles. The Kier molecular flexibility index (Phi) is 3.46. The number of ether oxygens (including phenoxy) is 1. The van der Waals surface area contributed by atoms with Crippen LogP contribution in [0.5, 0.6) is 0 Å². The molecule has 0 unspecified atom stereocenters. The van der Waals surface area contributed by atoms with E-state index in [2.05, 4.69) is 0 Å². The summed E-state index contributed by atoms with van der Waals surface area (Å²) in [6, 6.07) is 0. The van der Waals surface area contributed by atoms with E-state index in [1.54, 1.807) is 6.92 Å². The van der Waals surface area contributed by atoms with E-state index in [0.717, 1.165) is 0 Å². The number of hydrogen-bond acceptors (Lipinski definition) is 4. The summed E-state index contributed by atoms with van der Waals surface area (Å²) in [4.78, 5) is 0. The summed E-state index contributed by atoms with van der Waals surface area (Å²) in [6.07, 6.45) is -1.64. The lowest BCUT2D eigenvalue weighted by atomic mass is 9.98. The molecule has 0 aliphatic carbocycles. The van der Waals surface area contributed by atoms with Crippen LogP contribution in [0, 0.1) is 0 Å². The van der Waals surface area contributed by atoms with E-state index in [1.165, 1.54) is 0 Å². The second-order valence-corrected chi connectivity index (χ2v) is 3.34. The van der Waals surface area contributed by atoms with Crippen molar-refractivity contribution in [2.45, 2.75) is 44.2 Å². The summed E-state index contributed by atoms with van der Waals surface area (Å²) >= 11 is 0. The topological polar surface area (TPSA) is 69.9 Å². The highest BCUT2D eigenvalue weighted by Crippen LogP contribution is 2.18. The van der Waals surface area contributed by atoms with E-state index in [4.69, 9.17) is 9.84 Å². The molecule has 4 nitrogen and oxygen atoms in total. The number of rotatable bonds is 2. The second kappa shape index (κ2) is 4.18. The molecule has 1 aliphatic rings. The lowest BCUT2D eigenvalue weighted by Gasteiger charge is -2.32. The first-order valence-corrected chi connectivity index (χ1v) is 4.27. The molecule has 0 aromatic carbocycles. The van der Waals surface area contributed by atoms with Gasteiger partial charge >= 0.3 is 0 Å². The average Bonchev–Trinajstić information content (AvgIpc) is 1.98. The maximum absolute atomic E-state index is 9.40. The zero-order chi connectivity index (χ0) is 9.14. The zero-order valence-electron chi connectivity index (χ0n) is 7.18. The van der Waals surface area contributed by atoms with E-state index < -0.39 is 24.4 Å². The van der Waals surface area contributed by atoms with Crippen molar-refractivity contribution < 1.29 is 20.1 Å². The monoisotopic (exact) mass is 176 g/mol. The van der Waals surface area contributed by atoms with Gasteiger partial charge in [0.05, 0.1) is 18.3 Å². The second-order valence-electron chi connectivity index (χ2n) is 3.34. The molecule has 4 atom stereocenters. The molecule has 3 N–H and O–H groups in total. The molecular weight excluding hydrogens is 160 g/mol. The third-order valence-corrected chi connectivity index (χ3v) is 2.09. The van der Waals surface area contributed by atoms with Crippen molar-refractivity contribution in [3.63, 3.8) is 0 Å². The Morgan fingerprint density at radius 2 is 2.17 bits per heavy atom. The van der Waals surface area contributed by atoms with Gasteiger partial charge in [-0.25, -0.2) is 0 Å². The minimum absolute atomic E-state index is 0.373. The van der Waals surface area contributed by atoms with Gasteiger partial charge in [-0.2, -0.15) is 0 Å². The fraction of sp³-hybridized carbons (Fsp3) is 1.00. The lowest BCUT2D eigenvalue weighted by Crippen LogP contribution is -2.45. The summed E-state index contributed by atoms with van der Waals surface area (Å²) in [6.45, 7) is 2.09. The highest BCUT2D eigenvalue weighted by molar-refractivity contribution is 4.81. The van der Waals surface area contributed by atoms with Crippen molar-refractivity contribution in [3.8, 4) is 0 Å². The van der Waals surface area contributed by atoms with Crippen LogP contribution in [0.15, 0.2) is 0 Å². The minimum atomic E-state index is -0.853. The first kappa shape index (κ1) is 9.92. The van der Waals surface area contributed by atoms with E-state index in [9.17, 15) is 10.2 Å². The predicted molar refractivity (Wildman–Crippen MR) is 42.7 cm³/mol. The van der Waals surface area contributed by atoms with Crippen LogP contribution in [-0.2, 0) is 4.74 Å². The molecule has 1 fully saturated rings. The number of hydrogen-bond donors (Lipinski definition) is 3. The van der Waals surface area contributed by atoms with Gasteiger partial charge in [0.1, 0.15) is 6.10 Å². The lowest BCUT2D eigenvalue weighted by molar-refractivity contribution is -0.143. The molecule has 0 amide bonds. The molecule has 72 valence electrons. The SMILES string of the molecule is C[C@H](O)C[C@H]1OCC[C@@H](O)[C@H]1O. The van der Waals surface area contributed by atoms with Gasteiger partial charge in [-0.1, -0.05) is 0 Å². The van der Waals surface area contributed by atoms with Gasteiger partial charge in [-0.3, -0.25) is 0 Å². The molecular formula is C8H16O4. The summed E-state index contributed by atoms with van der Waals surface area (Å²) in [5.41, 5.74) is 0. The molecule has 1 rings (SSSR count). The quantitative estimate of drug-likeness (QED) is 0.518. The molecule has 1 heterocycles. The standard InChI is InChI=1S/C8H16O4/c1-5(9)4-7-8(11)6(10)2-3-12-7/h5-11H,2-4H2,1H3/t5-,6+,7+,8+/m0/s1. The molecule has 0 aromatic rings. The van der Waals surface area contributed by atoms with Crippen LogP contribution in [0.4, 0.5) is 0 Å². The molecule has 4 heteroatoms. The van der Waals surface area contributed by atoms with Crippen LogP contribution >= 0.6 is 0 Å². The van der Waals surface area contributed by atoms with Gasteiger partial charge in [-0.15, -0.1) is 0 Å². The van der Waals surface area contributed by atoms with Crippen LogP contribution in [0.1, 0.15) is 19.8 Å². The van der Waals surface area contributed by atoms with Gasteiger partial charge in [0, 0.05) is 13.0 Å².